The maximum atomic E-state index is 11.2. The highest BCUT2D eigenvalue weighted by atomic mass is 16.4. The zero-order valence-electron chi connectivity index (χ0n) is 11.6. The van der Waals surface area contributed by atoms with Gasteiger partial charge in [0, 0.05) is 10.8 Å². The van der Waals surface area contributed by atoms with Crippen LogP contribution in [0.5, 0.6) is 0 Å². The molecule has 4 rings (SSSR count). The second-order valence-electron chi connectivity index (χ2n) is 5.17. The summed E-state index contributed by atoms with van der Waals surface area (Å²) in [5.41, 5.74) is 2.78. The lowest BCUT2D eigenvalue weighted by molar-refractivity contribution is 0.0665. The summed E-state index contributed by atoms with van der Waals surface area (Å²) in [6.45, 7) is 0. The van der Waals surface area contributed by atoms with Crippen molar-refractivity contribution >= 4 is 27.7 Å². The van der Waals surface area contributed by atoms with Gasteiger partial charge in [0.05, 0.1) is 0 Å². The first-order chi connectivity index (χ1) is 10.7. The van der Waals surface area contributed by atoms with Crippen LogP contribution < -0.4 is 0 Å². The molecule has 0 spiro atoms. The number of carboxylic acids is 1. The molecule has 3 heteroatoms. The third-order valence-electron chi connectivity index (χ3n) is 3.82. The van der Waals surface area contributed by atoms with E-state index in [9.17, 15) is 4.79 Å². The average Bonchev–Trinajstić information content (AvgIpc) is 2.99. The summed E-state index contributed by atoms with van der Waals surface area (Å²) in [5.74, 6) is -1.09. The summed E-state index contributed by atoms with van der Waals surface area (Å²) in [7, 11) is 0. The standard InChI is InChI=1S/C19H12O3/c20-19(21)17-11-13-10-16(12-6-2-1-3-7-12)14-8-4-5-9-15(14)18(13)22-17/h1-11H,(H,20,21). The minimum atomic E-state index is -1.05. The van der Waals surface area contributed by atoms with E-state index in [-0.39, 0.29) is 5.76 Å². The summed E-state index contributed by atoms with van der Waals surface area (Å²) < 4.78 is 5.53. The molecule has 0 amide bonds. The third-order valence-corrected chi connectivity index (χ3v) is 3.82. The number of hydrogen-bond acceptors (Lipinski definition) is 2. The van der Waals surface area contributed by atoms with Gasteiger partial charge in [0.25, 0.3) is 0 Å². The Morgan fingerprint density at radius 3 is 2.27 bits per heavy atom. The summed E-state index contributed by atoms with van der Waals surface area (Å²) in [4.78, 5) is 11.2. The summed E-state index contributed by atoms with van der Waals surface area (Å²) in [6.07, 6.45) is 0. The molecule has 4 aromatic rings. The number of aromatic carboxylic acids is 1. The van der Waals surface area contributed by atoms with Gasteiger partial charge in [-0.2, -0.15) is 0 Å². The maximum Gasteiger partial charge on any atom is 0.371 e. The number of carbonyl (C=O) groups is 1. The molecule has 0 bridgehead atoms. The first-order valence-electron chi connectivity index (χ1n) is 6.98. The smallest absolute Gasteiger partial charge is 0.371 e. The first kappa shape index (κ1) is 12.7. The number of rotatable bonds is 2. The first-order valence-corrected chi connectivity index (χ1v) is 6.98. The minimum absolute atomic E-state index is 0.0367. The molecule has 0 radical (unpaired) electrons. The van der Waals surface area contributed by atoms with Crippen LogP contribution in [0, 0.1) is 0 Å². The Kier molecular flexibility index (Phi) is 2.73. The number of fused-ring (bicyclic) bond motifs is 3. The molecular weight excluding hydrogens is 276 g/mol. The van der Waals surface area contributed by atoms with Crippen LogP contribution in [0.2, 0.25) is 0 Å². The largest absolute Gasteiger partial charge is 0.475 e. The Bertz CT molecular complexity index is 997. The molecule has 106 valence electrons. The molecule has 0 aliphatic heterocycles. The van der Waals surface area contributed by atoms with Gasteiger partial charge in [0.15, 0.2) is 0 Å². The van der Waals surface area contributed by atoms with E-state index < -0.39 is 5.97 Å². The molecule has 0 unspecified atom stereocenters. The summed E-state index contributed by atoms with van der Waals surface area (Å²) in [5, 5.41) is 11.9. The highest BCUT2D eigenvalue weighted by molar-refractivity contribution is 6.12. The van der Waals surface area contributed by atoms with E-state index in [2.05, 4.69) is 0 Å². The fourth-order valence-electron chi connectivity index (χ4n) is 2.83. The average molecular weight is 288 g/mol. The van der Waals surface area contributed by atoms with Crippen molar-refractivity contribution < 1.29 is 14.3 Å². The molecule has 0 saturated carbocycles. The number of furan rings is 1. The number of carboxylic acid groups (broad SMARTS) is 1. The second-order valence-corrected chi connectivity index (χ2v) is 5.17. The Labute approximate surface area is 126 Å². The second kappa shape index (κ2) is 4.74. The zero-order chi connectivity index (χ0) is 15.1. The number of hydrogen-bond donors (Lipinski definition) is 1. The lowest BCUT2D eigenvalue weighted by Gasteiger charge is -2.07. The van der Waals surface area contributed by atoms with Crippen molar-refractivity contribution in [1.29, 1.82) is 0 Å². The van der Waals surface area contributed by atoms with Crippen LogP contribution in [0.1, 0.15) is 10.6 Å². The van der Waals surface area contributed by atoms with Crippen molar-refractivity contribution in [2.75, 3.05) is 0 Å². The predicted octanol–water partition coefficient (Wildman–Crippen LogP) is 4.95. The van der Waals surface area contributed by atoms with Gasteiger partial charge < -0.3 is 9.52 Å². The fourth-order valence-corrected chi connectivity index (χ4v) is 2.83. The molecule has 0 aliphatic carbocycles. The molecule has 1 heterocycles. The lowest BCUT2D eigenvalue weighted by Crippen LogP contribution is -1.91. The van der Waals surface area contributed by atoms with Gasteiger partial charge in [-0.25, -0.2) is 4.79 Å². The van der Waals surface area contributed by atoms with E-state index in [4.69, 9.17) is 9.52 Å². The van der Waals surface area contributed by atoms with Crippen molar-refractivity contribution in [3.63, 3.8) is 0 Å². The monoisotopic (exact) mass is 288 g/mol. The van der Waals surface area contributed by atoms with Gasteiger partial charge in [-0.15, -0.1) is 0 Å². The molecule has 0 fully saturated rings. The minimum Gasteiger partial charge on any atom is -0.475 e. The van der Waals surface area contributed by atoms with Gasteiger partial charge in [-0.3, -0.25) is 0 Å². The quantitative estimate of drug-likeness (QED) is 0.567. The van der Waals surface area contributed by atoms with Crippen molar-refractivity contribution in [3.05, 3.63) is 72.5 Å². The Balaban J connectivity index is 2.13. The van der Waals surface area contributed by atoms with Gasteiger partial charge in [-0.05, 0) is 28.6 Å². The highest BCUT2D eigenvalue weighted by Gasteiger charge is 2.15. The van der Waals surface area contributed by atoms with Crippen LogP contribution >= 0.6 is 0 Å². The van der Waals surface area contributed by atoms with Gasteiger partial charge in [0.2, 0.25) is 5.76 Å². The van der Waals surface area contributed by atoms with E-state index in [1.807, 2.05) is 60.7 Å². The summed E-state index contributed by atoms with van der Waals surface area (Å²) >= 11 is 0. The molecule has 3 nitrogen and oxygen atoms in total. The Hall–Kier alpha value is -3.07. The van der Waals surface area contributed by atoms with Crippen molar-refractivity contribution in [3.8, 4) is 11.1 Å². The topological polar surface area (TPSA) is 50.4 Å². The Morgan fingerprint density at radius 2 is 1.55 bits per heavy atom. The number of benzene rings is 3. The van der Waals surface area contributed by atoms with Crippen LogP contribution in [-0.4, -0.2) is 11.1 Å². The maximum absolute atomic E-state index is 11.2. The molecule has 22 heavy (non-hydrogen) atoms. The van der Waals surface area contributed by atoms with Crippen LogP contribution in [0.4, 0.5) is 0 Å². The van der Waals surface area contributed by atoms with Crippen LogP contribution in [0.3, 0.4) is 0 Å². The zero-order valence-corrected chi connectivity index (χ0v) is 11.6. The van der Waals surface area contributed by atoms with Crippen molar-refractivity contribution in [1.82, 2.24) is 0 Å². The van der Waals surface area contributed by atoms with Gasteiger partial charge in [0.1, 0.15) is 5.58 Å². The normalized spacial score (nSPS) is 11.1. The van der Waals surface area contributed by atoms with E-state index in [1.54, 1.807) is 6.07 Å². The molecule has 3 aromatic carbocycles. The van der Waals surface area contributed by atoms with Gasteiger partial charge >= 0.3 is 5.97 Å². The van der Waals surface area contributed by atoms with Crippen LogP contribution in [-0.2, 0) is 0 Å². The highest BCUT2D eigenvalue weighted by Crippen LogP contribution is 2.36. The lowest BCUT2D eigenvalue weighted by atomic mass is 9.96. The van der Waals surface area contributed by atoms with Crippen LogP contribution in [0.15, 0.2) is 71.1 Å². The third kappa shape index (κ3) is 1.87. The summed E-state index contributed by atoms with van der Waals surface area (Å²) in [6, 6.07) is 21.5. The van der Waals surface area contributed by atoms with E-state index in [0.717, 1.165) is 27.3 Å². The SMILES string of the molecule is O=C(O)c1cc2cc(-c3ccccc3)c3ccccc3c2o1. The van der Waals surface area contributed by atoms with E-state index in [0.29, 0.717) is 5.58 Å². The molecular formula is C19H12O3. The predicted molar refractivity (Wildman–Crippen MR) is 86.1 cm³/mol. The van der Waals surface area contributed by atoms with Crippen LogP contribution in [0.25, 0.3) is 32.9 Å². The molecule has 1 N–H and O–H groups in total. The molecule has 0 atom stereocenters. The van der Waals surface area contributed by atoms with Crippen molar-refractivity contribution in [2.45, 2.75) is 0 Å². The van der Waals surface area contributed by atoms with E-state index >= 15 is 0 Å². The molecule has 1 aromatic heterocycles. The van der Waals surface area contributed by atoms with Crippen molar-refractivity contribution in [2.24, 2.45) is 0 Å². The fraction of sp³-hybridized carbons (Fsp3) is 0. The molecule has 0 saturated heterocycles. The Morgan fingerprint density at radius 1 is 0.864 bits per heavy atom. The van der Waals surface area contributed by atoms with Gasteiger partial charge in [-0.1, -0.05) is 54.6 Å². The van der Waals surface area contributed by atoms with E-state index in [1.165, 1.54) is 0 Å². The molecule has 0 aliphatic rings.